The fourth-order valence-corrected chi connectivity index (χ4v) is 2.47. The third-order valence-corrected chi connectivity index (χ3v) is 4.03. The van der Waals surface area contributed by atoms with Crippen LogP contribution in [0, 0.1) is 0 Å². The number of nitrogens with zero attached hydrogens (tertiary/aromatic N) is 4. The molecule has 1 aromatic carbocycles. The lowest BCUT2D eigenvalue weighted by atomic mass is 10.1. The molecule has 7 nitrogen and oxygen atoms in total. The zero-order chi connectivity index (χ0) is 19.0. The average Bonchev–Trinajstić information content (AvgIpc) is 3.12. The zero-order valence-corrected chi connectivity index (χ0v) is 13.9. The Bertz CT molecular complexity index is 958. The fraction of sp³-hybridized carbons (Fsp3) is 0.294. The maximum atomic E-state index is 12.5. The number of halogens is 3. The number of nitrogens with one attached hydrogen (secondary N) is 1. The first-order valence-corrected chi connectivity index (χ1v) is 8.22. The lowest BCUT2D eigenvalue weighted by Gasteiger charge is -2.03. The van der Waals surface area contributed by atoms with E-state index in [9.17, 15) is 18.0 Å². The van der Waals surface area contributed by atoms with Crippen molar-refractivity contribution in [3.8, 4) is 11.4 Å². The van der Waals surface area contributed by atoms with Crippen LogP contribution >= 0.6 is 0 Å². The van der Waals surface area contributed by atoms with E-state index in [2.05, 4.69) is 25.1 Å². The number of aromatic nitrogens is 4. The quantitative estimate of drug-likeness (QED) is 0.739. The minimum atomic E-state index is -4.67. The SMILES string of the molecule is O=C(NC1CC1)c1cnn(Cc2ccc(-c3noc(C(F)(F)F)n3)cc2)c1. The highest BCUT2D eigenvalue weighted by molar-refractivity contribution is 5.94. The van der Waals surface area contributed by atoms with Crippen LogP contribution in [0.15, 0.2) is 41.2 Å². The first-order valence-electron chi connectivity index (χ1n) is 8.22. The summed E-state index contributed by atoms with van der Waals surface area (Å²) in [6, 6.07) is 6.93. The second-order valence-corrected chi connectivity index (χ2v) is 6.29. The van der Waals surface area contributed by atoms with Crippen molar-refractivity contribution < 1.29 is 22.5 Å². The molecule has 0 aliphatic heterocycles. The Labute approximate surface area is 151 Å². The number of hydrogen-bond acceptors (Lipinski definition) is 5. The largest absolute Gasteiger partial charge is 0.471 e. The van der Waals surface area contributed by atoms with Crippen molar-refractivity contribution in [2.45, 2.75) is 31.6 Å². The number of carbonyl (C=O) groups excluding carboxylic acids is 1. The van der Waals surface area contributed by atoms with Gasteiger partial charge in [0.25, 0.3) is 5.91 Å². The first kappa shape index (κ1) is 17.3. The highest BCUT2D eigenvalue weighted by Crippen LogP contribution is 2.29. The van der Waals surface area contributed by atoms with Crippen molar-refractivity contribution in [2.75, 3.05) is 0 Å². The number of benzene rings is 1. The van der Waals surface area contributed by atoms with E-state index in [0.29, 0.717) is 17.7 Å². The molecule has 1 saturated carbocycles. The van der Waals surface area contributed by atoms with Gasteiger partial charge in [-0.2, -0.15) is 23.3 Å². The molecule has 140 valence electrons. The van der Waals surface area contributed by atoms with Gasteiger partial charge in [0.15, 0.2) is 0 Å². The predicted octanol–water partition coefficient (Wildman–Crippen LogP) is 2.89. The minimum Gasteiger partial charge on any atom is -0.349 e. The molecule has 1 N–H and O–H groups in total. The van der Waals surface area contributed by atoms with E-state index in [1.54, 1.807) is 35.1 Å². The summed E-state index contributed by atoms with van der Waals surface area (Å²) in [5.41, 5.74) is 1.75. The Morgan fingerprint density at radius 1 is 1.26 bits per heavy atom. The summed E-state index contributed by atoms with van der Waals surface area (Å²) in [5, 5.41) is 10.4. The molecule has 0 radical (unpaired) electrons. The van der Waals surface area contributed by atoms with Gasteiger partial charge in [-0.1, -0.05) is 29.4 Å². The average molecular weight is 377 g/mol. The van der Waals surface area contributed by atoms with Crippen LogP contribution in [0.25, 0.3) is 11.4 Å². The molecular formula is C17H14F3N5O2. The number of rotatable bonds is 5. The van der Waals surface area contributed by atoms with E-state index in [1.165, 1.54) is 6.20 Å². The van der Waals surface area contributed by atoms with Gasteiger partial charge >= 0.3 is 12.1 Å². The van der Waals surface area contributed by atoms with Gasteiger partial charge in [-0.25, -0.2) is 0 Å². The number of hydrogen-bond donors (Lipinski definition) is 1. The van der Waals surface area contributed by atoms with E-state index < -0.39 is 12.1 Å². The molecule has 2 heterocycles. The number of carbonyl (C=O) groups is 1. The molecule has 10 heteroatoms. The Morgan fingerprint density at radius 2 is 2.00 bits per heavy atom. The lowest BCUT2D eigenvalue weighted by Crippen LogP contribution is -2.24. The zero-order valence-electron chi connectivity index (χ0n) is 13.9. The molecule has 0 atom stereocenters. The van der Waals surface area contributed by atoms with Gasteiger partial charge in [0, 0.05) is 17.8 Å². The molecule has 0 unspecified atom stereocenters. The predicted molar refractivity (Wildman–Crippen MR) is 86.6 cm³/mol. The van der Waals surface area contributed by atoms with Crippen LogP contribution in [-0.4, -0.2) is 31.9 Å². The molecule has 0 saturated heterocycles. The standard InChI is InChI=1S/C17H14F3N5O2/c18-17(19,20)16-23-14(24-27-16)11-3-1-10(2-4-11)8-25-9-12(7-21-25)15(26)22-13-5-6-13/h1-4,7,9,13H,5-6,8H2,(H,22,26). The Kier molecular flexibility index (Phi) is 4.17. The van der Waals surface area contributed by atoms with E-state index in [0.717, 1.165) is 18.4 Å². The van der Waals surface area contributed by atoms with Gasteiger partial charge in [-0.05, 0) is 18.4 Å². The summed E-state index contributed by atoms with van der Waals surface area (Å²) in [4.78, 5) is 15.3. The van der Waals surface area contributed by atoms with Crippen molar-refractivity contribution in [3.63, 3.8) is 0 Å². The van der Waals surface area contributed by atoms with Gasteiger partial charge in [-0.15, -0.1) is 0 Å². The second-order valence-electron chi connectivity index (χ2n) is 6.29. The molecule has 2 aromatic heterocycles. The molecule has 27 heavy (non-hydrogen) atoms. The molecule has 3 aromatic rings. The Morgan fingerprint density at radius 3 is 2.63 bits per heavy atom. The second kappa shape index (κ2) is 6.53. The van der Waals surface area contributed by atoms with Crippen molar-refractivity contribution in [3.05, 3.63) is 53.7 Å². The van der Waals surface area contributed by atoms with Crippen molar-refractivity contribution >= 4 is 5.91 Å². The highest BCUT2D eigenvalue weighted by atomic mass is 19.4. The van der Waals surface area contributed by atoms with Crippen LogP contribution in [0.5, 0.6) is 0 Å². The summed E-state index contributed by atoms with van der Waals surface area (Å²) < 4.78 is 43.4. The fourth-order valence-electron chi connectivity index (χ4n) is 2.47. The molecule has 0 bridgehead atoms. The van der Waals surface area contributed by atoms with E-state index >= 15 is 0 Å². The molecule has 1 fully saturated rings. The Balaban J connectivity index is 1.43. The van der Waals surface area contributed by atoms with E-state index in [1.807, 2.05) is 0 Å². The first-order chi connectivity index (χ1) is 12.9. The van der Waals surface area contributed by atoms with E-state index in [4.69, 9.17) is 0 Å². The normalized spacial score (nSPS) is 14.3. The van der Waals surface area contributed by atoms with Crippen LogP contribution in [0.3, 0.4) is 0 Å². The Hall–Kier alpha value is -3.17. The van der Waals surface area contributed by atoms with E-state index in [-0.39, 0.29) is 17.8 Å². The smallest absolute Gasteiger partial charge is 0.349 e. The summed E-state index contributed by atoms with van der Waals surface area (Å²) in [6.45, 7) is 0.414. The van der Waals surface area contributed by atoms with Crippen molar-refractivity contribution in [1.82, 2.24) is 25.2 Å². The minimum absolute atomic E-state index is 0.132. The van der Waals surface area contributed by atoms with Crippen LogP contribution in [-0.2, 0) is 12.7 Å². The molecule has 1 aliphatic rings. The molecule has 4 rings (SSSR count). The van der Waals surface area contributed by atoms with Crippen LogP contribution in [0.4, 0.5) is 13.2 Å². The van der Waals surface area contributed by atoms with Gasteiger partial charge in [0.05, 0.1) is 18.3 Å². The maximum Gasteiger partial charge on any atom is 0.471 e. The summed E-state index contributed by atoms with van der Waals surface area (Å²) in [7, 11) is 0. The van der Waals surface area contributed by atoms with Gasteiger partial charge in [0.2, 0.25) is 5.82 Å². The molecular weight excluding hydrogens is 363 g/mol. The van der Waals surface area contributed by atoms with Crippen molar-refractivity contribution in [1.29, 1.82) is 0 Å². The number of alkyl halides is 3. The van der Waals surface area contributed by atoms with Gasteiger partial charge in [-0.3, -0.25) is 9.48 Å². The third-order valence-electron chi connectivity index (χ3n) is 4.03. The van der Waals surface area contributed by atoms with Crippen LogP contribution < -0.4 is 5.32 Å². The van der Waals surface area contributed by atoms with Crippen LogP contribution in [0.1, 0.15) is 34.7 Å². The van der Waals surface area contributed by atoms with Crippen LogP contribution in [0.2, 0.25) is 0 Å². The molecule has 0 spiro atoms. The van der Waals surface area contributed by atoms with Gasteiger partial charge < -0.3 is 9.84 Å². The highest BCUT2D eigenvalue weighted by Gasteiger charge is 2.38. The maximum absolute atomic E-state index is 12.5. The van der Waals surface area contributed by atoms with Crippen molar-refractivity contribution in [2.24, 2.45) is 0 Å². The lowest BCUT2D eigenvalue weighted by molar-refractivity contribution is -0.159. The molecule has 1 amide bonds. The van der Waals surface area contributed by atoms with Gasteiger partial charge in [0.1, 0.15) is 0 Å². The topological polar surface area (TPSA) is 85.8 Å². The monoisotopic (exact) mass is 377 g/mol. The third kappa shape index (κ3) is 3.99. The molecule has 1 aliphatic carbocycles. The summed E-state index contributed by atoms with van der Waals surface area (Å²) >= 11 is 0. The summed E-state index contributed by atoms with van der Waals surface area (Å²) in [5.74, 6) is -1.65. The summed E-state index contributed by atoms with van der Waals surface area (Å²) in [6.07, 6.45) is 0.507. The number of amides is 1.